The Kier molecular flexibility index (Phi) is 2.99. The highest BCUT2D eigenvalue weighted by Gasteiger charge is 2.22. The molecule has 0 atom stereocenters. The van der Waals surface area contributed by atoms with E-state index in [0.29, 0.717) is 25.0 Å². The number of ketones is 1. The highest BCUT2D eigenvalue weighted by molar-refractivity contribution is 6.08. The molecule has 0 spiro atoms. The van der Waals surface area contributed by atoms with E-state index in [-0.39, 0.29) is 0 Å². The minimum Gasteiger partial charge on any atom is -0.501 e. The molecular formula is C12H10F2O2. The van der Waals surface area contributed by atoms with E-state index in [9.17, 15) is 13.6 Å². The van der Waals surface area contributed by atoms with E-state index in [1.54, 1.807) is 0 Å². The molecule has 0 bridgehead atoms. The average Bonchev–Trinajstić information content (AvgIpc) is 2.30. The quantitative estimate of drug-likeness (QED) is 0.722. The van der Waals surface area contributed by atoms with Crippen LogP contribution in [-0.2, 0) is 4.74 Å². The number of rotatable bonds is 2. The highest BCUT2D eigenvalue weighted by Crippen LogP contribution is 2.21. The fourth-order valence-electron chi connectivity index (χ4n) is 1.61. The topological polar surface area (TPSA) is 26.3 Å². The van der Waals surface area contributed by atoms with Crippen LogP contribution in [-0.4, -0.2) is 12.4 Å². The van der Waals surface area contributed by atoms with Gasteiger partial charge in [0.25, 0.3) is 0 Å². The molecule has 1 aliphatic rings. The van der Waals surface area contributed by atoms with Gasteiger partial charge in [-0.3, -0.25) is 4.79 Å². The van der Waals surface area contributed by atoms with Crippen LogP contribution in [0.5, 0.6) is 0 Å². The first-order valence-electron chi connectivity index (χ1n) is 4.99. The largest absolute Gasteiger partial charge is 0.501 e. The van der Waals surface area contributed by atoms with E-state index in [4.69, 9.17) is 4.74 Å². The van der Waals surface area contributed by atoms with E-state index in [1.165, 1.54) is 12.3 Å². The van der Waals surface area contributed by atoms with Crippen molar-refractivity contribution < 1.29 is 18.3 Å². The van der Waals surface area contributed by atoms with Crippen LogP contribution in [0.15, 0.2) is 30.0 Å². The van der Waals surface area contributed by atoms with Gasteiger partial charge >= 0.3 is 0 Å². The number of allylic oxidation sites excluding steroid dienone is 1. The van der Waals surface area contributed by atoms with E-state index in [0.717, 1.165) is 12.1 Å². The van der Waals surface area contributed by atoms with E-state index in [1.807, 2.05) is 0 Å². The highest BCUT2D eigenvalue weighted by atomic mass is 19.1. The molecule has 0 aliphatic carbocycles. The maximum atomic E-state index is 13.3. The van der Waals surface area contributed by atoms with E-state index < -0.39 is 23.0 Å². The smallest absolute Gasteiger partial charge is 0.197 e. The van der Waals surface area contributed by atoms with Gasteiger partial charge in [0.05, 0.1) is 18.4 Å². The third-order valence-electron chi connectivity index (χ3n) is 2.42. The SMILES string of the molecule is O=C(C1=COCCC1)c1c(F)cccc1F. The molecule has 2 nitrogen and oxygen atoms in total. The molecule has 0 fully saturated rings. The van der Waals surface area contributed by atoms with Crippen LogP contribution in [0.25, 0.3) is 0 Å². The zero-order valence-electron chi connectivity index (χ0n) is 8.50. The Morgan fingerprint density at radius 1 is 1.25 bits per heavy atom. The first kappa shape index (κ1) is 10.8. The molecule has 0 unspecified atom stereocenters. The van der Waals surface area contributed by atoms with Crippen molar-refractivity contribution >= 4 is 5.78 Å². The Hall–Kier alpha value is -1.71. The zero-order valence-corrected chi connectivity index (χ0v) is 8.50. The van der Waals surface area contributed by atoms with Crippen LogP contribution in [0, 0.1) is 11.6 Å². The lowest BCUT2D eigenvalue weighted by atomic mass is 9.99. The predicted octanol–water partition coefficient (Wildman–Crippen LogP) is 2.84. The van der Waals surface area contributed by atoms with Crippen molar-refractivity contribution in [2.24, 2.45) is 0 Å². The maximum absolute atomic E-state index is 13.3. The summed E-state index contributed by atoms with van der Waals surface area (Å²) in [6.07, 6.45) is 2.47. The summed E-state index contributed by atoms with van der Waals surface area (Å²) < 4.78 is 31.6. The lowest BCUT2D eigenvalue weighted by Crippen LogP contribution is -2.12. The fraction of sp³-hybridized carbons (Fsp3) is 0.250. The third-order valence-corrected chi connectivity index (χ3v) is 2.42. The van der Waals surface area contributed by atoms with Crippen molar-refractivity contribution in [2.45, 2.75) is 12.8 Å². The molecule has 1 aromatic rings. The molecule has 1 aliphatic heterocycles. The van der Waals surface area contributed by atoms with Gasteiger partial charge in [-0.15, -0.1) is 0 Å². The van der Waals surface area contributed by atoms with Crippen LogP contribution >= 0.6 is 0 Å². The molecule has 2 rings (SSSR count). The van der Waals surface area contributed by atoms with Crippen LogP contribution < -0.4 is 0 Å². The van der Waals surface area contributed by atoms with Crippen LogP contribution in [0.1, 0.15) is 23.2 Å². The van der Waals surface area contributed by atoms with Crippen molar-refractivity contribution in [1.29, 1.82) is 0 Å². The van der Waals surface area contributed by atoms with Gasteiger partial charge in [0.15, 0.2) is 5.78 Å². The summed E-state index contributed by atoms with van der Waals surface area (Å²) in [4.78, 5) is 11.8. The van der Waals surface area contributed by atoms with Crippen LogP contribution in [0.2, 0.25) is 0 Å². The van der Waals surface area contributed by atoms with Crippen molar-refractivity contribution in [3.05, 3.63) is 47.2 Å². The number of ether oxygens (including phenoxy) is 1. The molecule has 1 aromatic carbocycles. The summed E-state index contributed by atoms with van der Waals surface area (Å²) in [5.41, 5.74) is -0.186. The Morgan fingerprint density at radius 2 is 1.94 bits per heavy atom. The summed E-state index contributed by atoms with van der Waals surface area (Å²) in [7, 11) is 0. The molecular weight excluding hydrogens is 214 g/mol. The molecule has 0 saturated heterocycles. The molecule has 4 heteroatoms. The number of hydrogen-bond donors (Lipinski definition) is 0. The Bertz CT molecular complexity index is 432. The zero-order chi connectivity index (χ0) is 11.5. The summed E-state index contributed by atoms with van der Waals surface area (Å²) in [5, 5.41) is 0. The van der Waals surface area contributed by atoms with Gasteiger partial charge in [-0.2, -0.15) is 0 Å². The van der Waals surface area contributed by atoms with Gasteiger partial charge in [-0.05, 0) is 25.0 Å². The second-order valence-corrected chi connectivity index (χ2v) is 3.54. The average molecular weight is 224 g/mol. The standard InChI is InChI=1S/C12H10F2O2/c13-9-4-1-5-10(14)11(9)12(15)8-3-2-6-16-7-8/h1,4-5,7H,2-3,6H2. The number of Topliss-reactive ketones (excluding diaryl/α,β-unsaturated/α-hetero) is 1. The summed E-state index contributed by atoms with van der Waals surface area (Å²) in [5.74, 6) is -2.30. The minimum absolute atomic E-state index is 0.315. The Morgan fingerprint density at radius 3 is 2.50 bits per heavy atom. The fourth-order valence-corrected chi connectivity index (χ4v) is 1.61. The van der Waals surface area contributed by atoms with Gasteiger partial charge in [0.2, 0.25) is 0 Å². The molecule has 0 N–H and O–H groups in total. The number of carbonyl (C=O) groups excluding carboxylic acids is 1. The monoisotopic (exact) mass is 224 g/mol. The van der Waals surface area contributed by atoms with Gasteiger partial charge in [0.1, 0.15) is 11.6 Å². The van der Waals surface area contributed by atoms with Crippen molar-refractivity contribution in [1.82, 2.24) is 0 Å². The van der Waals surface area contributed by atoms with Gasteiger partial charge in [0, 0.05) is 5.57 Å². The summed E-state index contributed by atoms with van der Waals surface area (Å²) in [6.45, 7) is 0.538. The van der Waals surface area contributed by atoms with Crippen molar-refractivity contribution in [3.8, 4) is 0 Å². The molecule has 0 aromatic heterocycles. The number of carbonyl (C=O) groups is 1. The maximum Gasteiger partial charge on any atom is 0.197 e. The first-order valence-corrected chi connectivity index (χ1v) is 4.99. The van der Waals surface area contributed by atoms with Crippen molar-refractivity contribution in [2.75, 3.05) is 6.61 Å². The second-order valence-electron chi connectivity index (χ2n) is 3.54. The van der Waals surface area contributed by atoms with Crippen molar-refractivity contribution in [3.63, 3.8) is 0 Å². The third kappa shape index (κ3) is 1.96. The Labute approximate surface area is 91.5 Å². The van der Waals surface area contributed by atoms with Gasteiger partial charge in [-0.25, -0.2) is 8.78 Å². The predicted molar refractivity (Wildman–Crippen MR) is 54.0 cm³/mol. The molecule has 1 heterocycles. The van der Waals surface area contributed by atoms with E-state index in [2.05, 4.69) is 0 Å². The lowest BCUT2D eigenvalue weighted by Gasteiger charge is -2.13. The molecule has 0 saturated carbocycles. The number of halogens is 2. The second kappa shape index (κ2) is 4.43. The number of benzene rings is 1. The van der Waals surface area contributed by atoms with Gasteiger partial charge in [-0.1, -0.05) is 6.07 Å². The number of hydrogen-bond acceptors (Lipinski definition) is 2. The molecule has 16 heavy (non-hydrogen) atoms. The normalized spacial score (nSPS) is 15.2. The first-order chi connectivity index (χ1) is 7.70. The molecule has 84 valence electrons. The van der Waals surface area contributed by atoms with Crippen LogP contribution in [0.4, 0.5) is 8.78 Å². The Balaban J connectivity index is 2.37. The van der Waals surface area contributed by atoms with Crippen LogP contribution in [0.3, 0.4) is 0 Å². The lowest BCUT2D eigenvalue weighted by molar-refractivity contribution is 0.100. The summed E-state index contributed by atoms with van der Waals surface area (Å²) >= 11 is 0. The van der Waals surface area contributed by atoms with Gasteiger partial charge < -0.3 is 4.74 Å². The van der Waals surface area contributed by atoms with E-state index >= 15 is 0 Å². The minimum atomic E-state index is -0.837. The molecule has 0 radical (unpaired) electrons. The molecule has 0 amide bonds. The summed E-state index contributed by atoms with van der Waals surface area (Å²) in [6, 6.07) is 3.37.